The van der Waals surface area contributed by atoms with E-state index in [2.05, 4.69) is 23.7 Å². The van der Waals surface area contributed by atoms with Gasteiger partial charge in [-0.3, -0.25) is 14.6 Å². The van der Waals surface area contributed by atoms with Crippen LogP contribution in [-0.4, -0.2) is 64.9 Å². The number of pyridine rings is 1. The molecule has 0 spiro atoms. The maximum Gasteiger partial charge on any atom is 0.295 e. The van der Waals surface area contributed by atoms with Gasteiger partial charge in [0.15, 0.2) is 0 Å². The summed E-state index contributed by atoms with van der Waals surface area (Å²) < 4.78 is 5.50. The summed E-state index contributed by atoms with van der Waals surface area (Å²) in [7, 11) is 1.55. The number of hydrogen-bond donors (Lipinski definition) is 1. The van der Waals surface area contributed by atoms with Crippen molar-refractivity contribution in [2.24, 2.45) is 0 Å². The largest absolute Gasteiger partial charge is 0.507 e. The van der Waals surface area contributed by atoms with E-state index in [1.807, 2.05) is 18.2 Å². The number of benzene rings is 1. The molecule has 1 aliphatic heterocycles. The lowest BCUT2D eigenvalue weighted by atomic mass is 9.95. The highest BCUT2D eigenvalue weighted by atomic mass is 16.5. The molecule has 1 aromatic heterocycles. The summed E-state index contributed by atoms with van der Waals surface area (Å²) in [6, 6.07) is 9.74. The summed E-state index contributed by atoms with van der Waals surface area (Å²) in [6.45, 7) is 6.79. The van der Waals surface area contributed by atoms with Crippen molar-refractivity contribution in [1.82, 2.24) is 14.8 Å². The zero-order valence-corrected chi connectivity index (χ0v) is 17.5. The van der Waals surface area contributed by atoms with Crippen LogP contribution in [0.2, 0.25) is 0 Å². The fourth-order valence-corrected chi connectivity index (χ4v) is 3.78. The molecule has 7 heteroatoms. The predicted molar refractivity (Wildman–Crippen MR) is 114 cm³/mol. The van der Waals surface area contributed by atoms with E-state index < -0.39 is 17.7 Å². The highest BCUT2D eigenvalue weighted by Crippen LogP contribution is 2.42. The number of carbonyl (C=O) groups is 2. The average molecular weight is 409 g/mol. The molecule has 2 aromatic rings. The lowest BCUT2D eigenvalue weighted by molar-refractivity contribution is -0.140. The summed E-state index contributed by atoms with van der Waals surface area (Å²) in [4.78, 5) is 33.7. The van der Waals surface area contributed by atoms with Gasteiger partial charge in [0.2, 0.25) is 0 Å². The van der Waals surface area contributed by atoms with E-state index in [4.69, 9.17) is 4.74 Å². The molecule has 1 atom stereocenters. The molecule has 1 unspecified atom stereocenters. The number of ether oxygens (including phenoxy) is 1. The van der Waals surface area contributed by atoms with Crippen LogP contribution in [0.15, 0.2) is 54.4 Å². The van der Waals surface area contributed by atoms with Gasteiger partial charge in [0.05, 0.1) is 18.7 Å². The molecule has 158 valence electrons. The first kappa shape index (κ1) is 21.5. The summed E-state index contributed by atoms with van der Waals surface area (Å²) >= 11 is 0. The van der Waals surface area contributed by atoms with Gasteiger partial charge in [-0.2, -0.15) is 0 Å². The molecule has 1 aliphatic rings. The highest BCUT2D eigenvalue weighted by Gasteiger charge is 2.46. The van der Waals surface area contributed by atoms with Crippen LogP contribution in [0.25, 0.3) is 5.76 Å². The summed E-state index contributed by atoms with van der Waals surface area (Å²) in [5.74, 6) is -0.969. The second-order valence-electron chi connectivity index (χ2n) is 7.00. The Balaban J connectivity index is 2.13. The van der Waals surface area contributed by atoms with Gasteiger partial charge in [-0.1, -0.05) is 32.0 Å². The van der Waals surface area contributed by atoms with Crippen molar-refractivity contribution >= 4 is 17.4 Å². The van der Waals surface area contributed by atoms with Gasteiger partial charge < -0.3 is 19.6 Å². The van der Waals surface area contributed by atoms with Crippen molar-refractivity contribution in [3.8, 4) is 5.75 Å². The van der Waals surface area contributed by atoms with Gasteiger partial charge in [0.25, 0.3) is 11.7 Å². The van der Waals surface area contributed by atoms with Gasteiger partial charge in [0, 0.05) is 36.6 Å². The van der Waals surface area contributed by atoms with Gasteiger partial charge in [-0.25, -0.2) is 0 Å². The van der Waals surface area contributed by atoms with E-state index in [1.54, 1.807) is 25.3 Å². The van der Waals surface area contributed by atoms with E-state index in [9.17, 15) is 14.7 Å². The first-order valence-corrected chi connectivity index (χ1v) is 10.1. The SMILES string of the molecule is CCN(CC)CCN1C(=O)C(=O)/C(=C(\O)c2ccncc2)C1c1ccccc1OC. The molecular formula is C23H27N3O4. The number of methoxy groups -OCH3 is 1. The number of hydrogen-bond acceptors (Lipinski definition) is 6. The number of aliphatic hydroxyl groups excluding tert-OH is 1. The van der Waals surface area contributed by atoms with E-state index in [1.165, 1.54) is 17.3 Å². The number of Topliss-reactive ketones (excluding diaryl/α,β-unsaturated/α-hetero) is 1. The number of rotatable bonds is 8. The van der Waals surface area contributed by atoms with Crippen LogP contribution in [0, 0.1) is 0 Å². The van der Waals surface area contributed by atoms with Crippen molar-refractivity contribution in [3.05, 3.63) is 65.5 Å². The molecule has 7 nitrogen and oxygen atoms in total. The van der Waals surface area contributed by atoms with Crippen molar-refractivity contribution < 1.29 is 19.4 Å². The minimum Gasteiger partial charge on any atom is -0.507 e. The van der Waals surface area contributed by atoms with Gasteiger partial charge in [0.1, 0.15) is 11.5 Å². The summed E-state index contributed by atoms with van der Waals surface area (Å²) in [6.07, 6.45) is 3.06. The van der Waals surface area contributed by atoms with Crippen molar-refractivity contribution in [3.63, 3.8) is 0 Å². The Bertz CT molecular complexity index is 938. The zero-order valence-electron chi connectivity index (χ0n) is 17.5. The number of aliphatic hydroxyl groups is 1. The lowest BCUT2D eigenvalue weighted by Gasteiger charge is -2.29. The van der Waals surface area contributed by atoms with Crippen LogP contribution in [0.3, 0.4) is 0 Å². The number of para-hydroxylation sites is 1. The first-order valence-electron chi connectivity index (χ1n) is 10.1. The molecule has 30 heavy (non-hydrogen) atoms. The number of likely N-dealkylation sites (tertiary alicyclic amines) is 1. The molecule has 1 amide bonds. The van der Waals surface area contributed by atoms with Crippen molar-refractivity contribution in [2.75, 3.05) is 33.3 Å². The number of carbonyl (C=O) groups excluding carboxylic acids is 2. The molecular weight excluding hydrogens is 382 g/mol. The molecule has 0 radical (unpaired) electrons. The van der Waals surface area contributed by atoms with Gasteiger partial charge >= 0.3 is 0 Å². The molecule has 0 aliphatic carbocycles. The average Bonchev–Trinajstić information content (AvgIpc) is 3.04. The van der Waals surface area contributed by atoms with Crippen LogP contribution in [0.4, 0.5) is 0 Å². The van der Waals surface area contributed by atoms with E-state index in [-0.39, 0.29) is 11.3 Å². The molecule has 0 bridgehead atoms. The number of aromatic nitrogens is 1. The van der Waals surface area contributed by atoms with Crippen LogP contribution in [0.1, 0.15) is 31.0 Å². The van der Waals surface area contributed by atoms with Crippen molar-refractivity contribution in [2.45, 2.75) is 19.9 Å². The third kappa shape index (κ3) is 4.07. The summed E-state index contributed by atoms with van der Waals surface area (Å²) in [5.41, 5.74) is 1.16. The minimum atomic E-state index is -0.732. The van der Waals surface area contributed by atoms with E-state index in [0.29, 0.717) is 30.0 Å². The Hall–Kier alpha value is -3.19. The Morgan fingerprint density at radius 3 is 2.43 bits per heavy atom. The highest BCUT2D eigenvalue weighted by molar-refractivity contribution is 6.46. The Kier molecular flexibility index (Phi) is 6.84. The van der Waals surface area contributed by atoms with Crippen molar-refractivity contribution in [1.29, 1.82) is 0 Å². The molecule has 2 heterocycles. The quantitative estimate of drug-likeness (QED) is 0.410. The normalized spacial score (nSPS) is 18.3. The van der Waals surface area contributed by atoms with E-state index in [0.717, 1.165) is 13.1 Å². The van der Waals surface area contributed by atoms with Crippen LogP contribution in [0.5, 0.6) is 5.75 Å². The minimum absolute atomic E-state index is 0.0650. The second kappa shape index (κ2) is 9.54. The van der Waals surface area contributed by atoms with Crippen LogP contribution < -0.4 is 4.74 Å². The molecule has 1 aromatic carbocycles. The molecule has 0 saturated carbocycles. The third-order valence-electron chi connectivity index (χ3n) is 5.48. The van der Waals surface area contributed by atoms with Gasteiger partial charge in [-0.05, 0) is 31.3 Å². The third-order valence-corrected chi connectivity index (χ3v) is 5.48. The topological polar surface area (TPSA) is 83.0 Å². The molecule has 3 rings (SSSR count). The molecule has 1 fully saturated rings. The Morgan fingerprint density at radius 2 is 1.80 bits per heavy atom. The molecule has 1 saturated heterocycles. The smallest absolute Gasteiger partial charge is 0.295 e. The number of likely N-dealkylation sites (N-methyl/N-ethyl adjacent to an activating group) is 1. The maximum atomic E-state index is 13.0. The summed E-state index contributed by atoms with van der Waals surface area (Å²) in [5, 5.41) is 11.0. The maximum absolute atomic E-state index is 13.0. The fourth-order valence-electron chi connectivity index (χ4n) is 3.78. The number of nitrogens with zero attached hydrogens (tertiary/aromatic N) is 3. The monoisotopic (exact) mass is 409 g/mol. The number of amides is 1. The van der Waals surface area contributed by atoms with Gasteiger partial charge in [-0.15, -0.1) is 0 Å². The predicted octanol–water partition coefficient (Wildman–Crippen LogP) is 2.85. The lowest BCUT2D eigenvalue weighted by Crippen LogP contribution is -2.38. The number of ketones is 1. The second-order valence-corrected chi connectivity index (χ2v) is 7.00. The first-order chi connectivity index (χ1) is 14.5. The zero-order chi connectivity index (χ0) is 21.7. The van der Waals surface area contributed by atoms with Crippen LogP contribution >= 0.6 is 0 Å². The Labute approximate surface area is 176 Å². The Morgan fingerprint density at radius 1 is 1.13 bits per heavy atom. The fraction of sp³-hybridized carbons (Fsp3) is 0.348. The van der Waals surface area contributed by atoms with E-state index >= 15 is 0 Å². The van der Waals surface area contributed by atoms with Crippen LogP contribution in [-0.2, 0) is 9.59 Å². The molecule has 1 N–H and O–H groups in total. The standard InChI is InChI=1S/C23H27N3O4/c1-4-25(5-2)14-15-26-20(17-8-6-7-9-18(17)30-3)19(22(28)23(26)29)21(27)16-10-12-24-13-11-16/h6-13,20,27H,4-5,14-15H2,1-3H3/b21-19-.